The Morgan fingerprint density at radius 2 is 1.93 bits per heavy atom. The summed E-state index contributed by atoms with van der Waals surface area (Å²) in [5, 5.41) is 21.2. The van der Waals surface area contributed by atoms with E-state index in [4.69, 9.17) is 0 Å². The molecule has 0 aromatic heterocycles. The number of carbonyl (C=O) groups excluding carboxylic acids is 1. The number of ketones is 1. The van der Waals surface area contributed by atoms with E-state index in [2.05, 4.69) is 27.4 Å². The van der Waals surface area contributed by atoms with Crippen molar-refractivity contribution >= 4 is 5.78 Å². The lowest BCUT2D eigenvalue weighted by molar-refractivity contribution is -0.119. The van der Waals surface area contributed by atoms with Crippen LogP contribution in [0, 0.1) is 40.4 Å². The molecule has 0 aliphatic heterocycles. The van der Waals surface area contributed by atoms with Crippen LogP contribution in [-0.2, 0) is 4.79 Å². The van der Waals surface area contributed by atoms with Crippen LogP contribution in [0.3, 0.4) is 0 Å². The van der Waals surface area contributed by atoms with Crippen molar-refractivity contribution in [3.63, 3.8) is 0 Å². The molecule has 0 aromatic rings. The van der Waals surface area contributed by atoms with Gasteiger partial charge in [0, 0.05) is 6.42 Å². The zero-order valence-electron chi connectivity index (χ0n) is 19.5. The largest absolute Gasteiger partial charge is 0.389 e. The fourth-order valence-electron chi connectivity index (χ4n) is 8.45. The maximum absolute atomic E-state index is 12.1. The van der Waals surface area contributed by atoms with Gasteiger partial charge in [-0.15, -0.1) is 0 Å². The fraction of sp³-hybridized carbons (Fsp3) is 0.815. The van der Waals surface area contributed by atoms with Crippen LogP contribution in [0.25, 0.3) is 0 Å². The first-order valence-corrected chi connectivity index (χ1v) is 12.3. The van der Waals surface area contributed by atoms with E-state index in [0.29, 0.717) is 41.4 Å². The molecule has 0 heterocycles. The first-order valence-electron chi connectivity index (χ1n) is 12.3. The van der Waals surface area contributed by atoms with Gasteiger partial charge in [-0.05, 0) is 110 Å². The molecule has 2 N–H and O–H groups in total. The van der Waals surface area contributed by atoms with Crippen molar-refractivity contribution < 1.29 is 15.0 Å². The van der Waals surface area contributed by atoms with Gasteiger partial charge >= 0.3 is 0 Å². The number of rotatable bonds is 5. The van der Waals surface area contributed by atoms with Crippen LogP contribution in [0.4, 0.5) is 0 Å². The highest BCUT2D eigenvalue weighted by Crippen LogP contribution is 2.67. The molecule has 168 valence electrons. The summed E-state index contributed by atoms with van der Waals surface area (Å²) in [6.45, 7) is 13.1. The van der Waals surface area contributed by atoms with E-state index in [1.54, 1.807) is 6.08 Å². The van der Waals surface area contributed by atoms with Gasteiger partial charge in [0.15, 0.2) is 5.78 Å². The van der Waals surface area contributed by atoms with Crippen molar-refractivity contribution in [3.8, 4) is 0 Å². The van der Waals surface area contributed by atoms with Crippen LogP contribution >= 0.6 is 0 Å². The van der Waals surface area contributed by atoms with Crippen molar-refractivity contribution in [1.29, 1.82) is 0 Å². The lowest BCUT2D eigenvalue weighted by atomic mass is 9.46. The van der Waals surface area contributed by atoms with Crippen molar-refractivity contribution in [2.24, 2.45) is 40.4 Å². The Morgan fingerprint density at radius 1 is 1.20 bits per heavy atom. The molecular formula is C27H42O3. The average Bonchev–Trinajstić information content (AvgIpc) is 3.04. The van der Waals surface area contributed by atoms with Crippen LogP contribution in [0.2, 0.25) is 0 Å². The van der Waals surface area contributed by atoms with Gasteiger partial charge in [-0.25, -0.2) is 0 Å². The first kappa shape index (κ1) is 22.3. The van der Waals surface area contributed by atoms with Crippen molar-refractivity contribution in [3.05, 3.63) is 23.8 Å². The topological polar surface area (TPSA) is 57.5 Å². The molecule has 1 unspecified atom stereocenters. The van der Waals surface area contributed by atoms with Crippen LogP contribution in [-0.4, -0.2) is 28.2 Å². The van der Waals surface area contributed by atoms with Crippen LogP contribution in [0.5, 0.6) is 0 Å². The smallest absolute Gasteiger partial charge is 0.155 e. The second-order valence-corrected chi connectivity index (χ2v) is 11.8. The Labute approximate surface area is 183 Å². The summed E-state index contributed by atoms with van der Waals surface area (Å²) in [6, 6.07) is 0. The molecule has 0 spiro atoms. The van der Waals surface area contributed by atoms with Crippen molar-refractivity contribution in [1.82, 2.24) is 0 Å². The molecule has 0 saturated heterocycles. The van der Waals surface area contributed by atoms with Gasteiger partial charge in [-0.1, -0.05) is 32.9 Å². The number of aliphatic hydroxyl groups excluding tert-OH is 2. The minimum absolute atomic E-state index is 0.00682. The van der Waals surface area contributed by atoms with Gasteiger partial charge in [0.25, 0.3) is 0 Å². The maximum atomic E-state index is 12.1. The number of aliphatic hydroxyl groups is 2. The Balaban J connectivity index is 1.53. The van der Waals surface area contributed by atoms with Gasteiger partial charge < -0.3 is 10.2 Å². The minimum Gasteiger partial charge on any atom is -0.389 e. The van der Waals surface area contributed by atoms with E-state index < -0.39 is 6.10 Å². The Hall–Kier alpha value is -0.930. The standard InChI is InChI=1S/C27H42O3/c1-16(2)24(29)9-6-17(3)20-7-8-21-19-15-25(30)23-14-18(28)10-12-27(23,5)22(19)11-13-26(20,21)4/h14,17,19-22,24-25,29-30H,1,6-13,15H2,2-5H3/t17-,19+,20-,21+,22+,24?,25-,26-,27-/m1/s1. The van der Waals surface area contributed by atoms with E-state index in [-0.39, 0.29) is 17.3 Å². The molecule has 3 nitrogen and oxygen atoms in total. The third kappa shape index (κ3) is 3.45. The summed E-state index contributed by atoms with van der Waals surface area (Å²) in [4.78, 5) is 12.1. The number of hydrogen-bond acceptors (Lipinski definition) is 3. The van der Waals surface area contributed by atoms with Crippen molar-refractivity contribution in [2.75, 3.05) is 0 Å². The molecule has 0 aromatic carbocycles. The van der Waals surface area contributed by atoms with Gasteiger partial charge in [0.1, 0.15) is 0 Å². The summed E-state index contributed by atoms with van der Waals surface area (Å²) in [6.07, 6.45) is 10.3. The second kappa shape index (κ2) is 7.89. The highest BCUT2D eigenvalue weighted by molar-refractivity contribution is 5.91. The molecule has 30 heavy (non-hydrogen) atoms. The predicted molar refractivity (Wildman–Crippen MR) is 121 cm³/mol. The molecule has 4 aliphatic carbocycles. The van der Waals surface area contributed by atoms with Gasteiger partial charge in [-0.3, -0.25) is 4.79 Å². The molecule has 0 bridgehead atoms. The first-order chi connectivity index (χ1) is 14.1. The molecule has 0 amide bonds. The maximum Gasteiger partial charge on any atom is 0.155 e. The van der Waals surface area contributed by atoms with Crippen molar-refractivity contribution in [2.45, 2.75) is 97.7 Å². The zero-order valence-corrected chi connectivity index (χ0v) is 19.5. The van der Waals surface area contributed by atoms with E-state index in [9.17, 15) is 15.0 Å². The molecule has 3 saturated carbocycles. The van der Waals surface area contributed by atoms with Crippen LogP contribution < -0.4 is 0 Å². The molecule has 0 radical (unpaired) electrons. The molecular weight excluding hydrogens is 372 g/mol. The monoisotopic (exact) mass is 414 g/mol. The second-order valence-electron chi connectivity index (χ2n) is 11.8. The number of hydrogen-bond donors (Lipinski definition) is 2. The predicted octanol–water partition coefficient (Wildman–Crippen LogP) is 5.46. The fourth-order valence-corrected chi connectivity index (χ4v) is 8.45. The molecule has 4 rings (SSSR count). The van der Waals surface area contributed by atoms with Gasteiger partial charge in [0.05, 0.1) is 12.2 Å². The van der Waals surface area contributed by atoms with Gasteiger partial charge in [0.2, 0.25) is 0 Å². The van der Waals surface area contributed by atoms with Gasteiger partial charge in [-0.2, -0.15) is 0 Å². The quantitative estimate of drug-likeness (QED) is 0.587. The Kier molecular flexibility index (Phi) is 5.85. The van der Waals surface area contributed by atoms with Crippen LogP contribution in [0.1, 0.15) is 85.5 Å². The summed E-state index contributed by atoms with van der Waals surface area (Å²) in [5.41, 5.74) is 2.27. The number of carbonyl (C=O) groups is 1. The highest BCUT2D eigenvalue weighted by atomic mass is 16.3. The Morgan fingerprint density at radius 3 is 2.63 bits per heavy atom. The molecule has 3 fully saturated rings. The molecule has 4 aliphatic rings. The summed E-state index contributed by atoms with van der Waals surface area (Å²) >= 11 is 0. The van der Waals surface area contributed by atoms with E-state index in [1.807, 2.05) is 6.92 Å². The Bertz CT molecular complexity index is 738. The average molecular weight is 415 g/mol. The normalized spacial score (nSPS) is 45.1. The van der Waals surface area contributed by atoms with E-state index in [0.717, 1.165) is 36.8 Å². The van der Waals surface area contributed by atoms with Crippen LogP contribution in [0.15, 0.2) is 23.8 Å². The van der Waals surface area contributed by atoms with E-state index in [1.165, 1.54) is 25.7 Å². The summed E-state index contributed by atoms with van der Waals surface area (Å²) in [7, 11) is 0. The summed E-state index contributed by atoms with van der Waals surface area (Å²) < 4.78 is 0. The highest BCUT2D eigenvalue weighted by Gasteiger charge is 2.60. The minimum atomic E-state index is -0.440. The third-order valence-electron chi connectivity index (χ3n) is 10.2. The molecule has 9 atom stereocenters. The molecule has 3 heteroatoms. The van der Waals surface area contributed by atoms with E-state index >= 15 is 0 Å². The summed E-state index contributed by atoms with van der Waals surface area (Å²) in [5.74, 6) is 3.38. The lowest BCUT2D eigenvalue weighted by Gasteiger charge is -2.59. The third-order valence-corrected chi connectivity index (χ3v) is 10.2. The zero-order chi connectivity index (χ0) is 21.8. The SMILES string of the molecule is C=C(C)C(O)CC[C@@H](C)[C@H]1CC[C@H]2[C@@H]3C[C@@H](O)C4=CC(=O)CC[C@]4(C)[C@H]3CC[C@]12C. The number of fused-ring (bicyclic) bond motifs is 5. The lowest BCUT2D eigenvalue weighted by Crippen LogP contribution is -2.54.